The predicted molar refractivity (Wildman–Crippen MR) is 122 cm³/mol. The van der Waals surface area contributed by atoms with Crippen LogP contribution in [0.1, 0.15) is 39.3 Å². The first-order chi connectivity index (χ1) is 17.2. The molecule has 4 atom stereocenters. The number of alkyl halides is 1. The maximum Gasteiger partial charge on any atom is 0.350 e. The molecule has 3 heterocycles. The summed E-state index contributed by atoms with van der Waals surface area (Å²) in [6, 6.07) is 0. The van der Waals surface area contributed by atoms with E-state index in [0.29, 0.717) is 0 Å². The molecule has 0 amide bonds. The maximum atomic E-state index is 15.2. The minimum absolute atomic E-state index is 0.0193. The van der Waals surface area contributed by atoms with E-state index < -0.39 is 48.8 Å². The van der Waals surface area contributed by atoms with Gasteiger partial charge >= 0.3 is 11.9 Å². The van der Waals surface area contributed by atoms with Gasteiger partial charge in [-0.25, -0.2) is 19.0 Å². The van der Waals surface area contributed by atoms with Gasteiger partial charge in [0.05, 0.1) is 26.1 Å². The van der Waals surface area contributed by atoms with Crippen LogP contribution in [0.25, 0.3) is 11.2 Å². The first kappa shape index (κ1) is 27.9. The Bertz CT molecular complexity index is 1050. The van der Waals surface area contributed by atoms with Gasteiger partial charge in [0.25, 0.3) is 5.60 Å². The first-order valence-electron chi connectivity index (χ1n) is 11.4. The molecule has 1 saturated heterocycles. The quantitative estimate of drug-likeness (QED) is 0.150. The van der Waals surface area contributed by atoms with E-state index in [1.807, 2.05) is 0 Å². The Morgan fingerprint density at radius 1 is 1.25 bits per heavy atom. The molecule has 36 heavy (non-hydrogen) atoms. The number of carbonyl (C=O) groups is 2. The van der Waals surface area contributed by atoms with Crippen molar-refractivity contribution in [1.82, 2.24) is 19.5 Å². The highest BCUT2D eigenvalue weighted by atomic mass is 35.5. The van der Waals surface area contributed by atoms with Gasteiger partial charge in [-0.1, -0.05) is 0 Å². The zero-order chi connectivity index (χ0) is 26.5. The highest BCUT2D eigenvalue weighted by molar-refractivity contribution is 6.28. The summed E-state index contributed by atoms with van der Waals surface area (Å²) in [5.74, 6) is -2.01. The molecule has 1 aliphatic heterocycles. The molecule has 0 aromatic carbocycles. The normalized spacial score (nSPS) is 22.2. The van der Waals surface area contributed by atoms with Crippen molar-refractivity contribution in [3.8, 4) is 0 Å². The monoisotopic (exact) mass is 533 g/mol. The van der Waals surface area contributed by atoms with Crippen LogP contribution >= 0.6 is 11.6 Å². The lowest BCUT2D eigenvalue weighted by atomic mass is 9.96. The number of ether oxygens (including phenoxy) is 4. The summed E-state index contributed by atoms with van der Waals surface area (Å²) in [4.78, 5) is 37.6. The van der Waals surface area contributed by atoms with Crippen molar-refractivity contribution in [2.45, 2.75) is 63.3 Å². The Balaban J connectivity index is 1.85. The second-order valence-corrected chi connectivity index (χ2v) is 8.30. The lowest BCUT2D eigenvalue weighted by Crippen LogP contribution is -2.53. The number of aliphatic hydroxyl groups excluding tert-OH is 2. The number of imidazole rings is 1. The van der Waals surface area contributed by atoms with Gasteiger partial charge in [0.15, 0.2) is 23.9 Å². The lowest BCUT2D eigenvalue weighted by Gasteiger charge is -2.30. The van der Waals surface area contributed by atoms with E-state index in [-0.39, 0.29) is 61.3 Å². The molecule has 0 unspecified atom stereocenters. The van der Waals surface area contributed by atoms with Crippen LogP contribution in [0.3, 0.4) is 0 Å². The standard InChI is InChI=1S/C21H29ClFN5O8/c1-3-33-18(31)21(7-5-6-8-29,19(32)34-4-2)35-9-11-14(30)12(23)17(36-11)28-10-25-13-15(24)26-20(22)27-16(13)28/h10-12,14,17,29-30H,3-9H2,1-2H3,(H2,24,26,27)/t11-,12+,14-,17-/m1/s1. The van der Waals surface area contributed by atoms with Gasteiger partial charge in [0.1, 0.15) is 17.7 Å². The summed E-state index contributed by atoms with van der Waals surface area (Å²) >= 11 is 5.87. The summed E-state index contributed by atoms with van der Waals surface area (Å²) in [6.45, 7) is 2.31. The summed E-state index contributed by atoms with van der Waals surface area (Å²) in [5, 5.41) is 19.5. The minimum Gasteiger partial charge on any atom is -0.463 e. The summed E-state index contributed by atoms with van der Waals surface area (Å²) in [7, 11) is 0. The second kappa shape index (κ2) is 12.1. The number of fused-ring (bicyclic) bond motifs is 1. The molecule has 200 valence electrons. The molecule has 2 aromatic heterocycles. The maximum absolute atomic E-state index is 15.2. The van der Waals surface area contributed by atoms with Crippen LogP contribution < -0.4 is 5.73 Å². The topological polar surface area (TPSA) is 181 Å². The highest BCUT2D eigenvalue weighted by Crippen LogP contribution is 2.35. The number of nitrogens with zero attached hydrogens (tertiary/aromatic N) is 4. The SMILES string of the molecule is CCOC(=O)C(CCCCO)(OC[C@H]1O[C@@H](n2cnc3c(N)nc(Cl)nc32)[C@@H](F)[C@@H]1O)C(=O)OCC. The number of rotatable bonds is 12. The van der Waals surface area contributed by atoms with Crippen molar-refractivity contribution in [3.05, 3.63) is 11.6 Å². The second-order valence-electron chi connectivity index (χ2n) is 7.96. The van der Waals surface area contributed by atoms with Crippen LogP contribution in [0.4, 0.5) is 10.2 Å². The molecule has 3 rings (SSSR count). The number of aliphatic hydroxyl groups is 2. The summed E-state index contributed by atoms with van der Waals surface area (Å²) in [6.07, 6.45) is -4.79. The minimum atomic E-state index is -2.19. The number of unbranched alkanes of at least 4 members (excludes halogenated alkanes) is 1. The van der Waals surface area contributed by atoms with E-state index in [0.717, 1.165) is 0 Å². The van der Waals surface area contributed by atoms with Crippen LogP contribution in [-0.4, -0.2) is 92.1 Å². The van der Waals surface area contributed by atoms with E-state index in [4.69, 9.17) is 41.4 Å². The van der Waals surface area contributed by atoms with Gasteiger partial charge in [-0.3, -0.25) is 4.57 Å². The van der Waals surface area contributed by atoms with Gasteiger partial charge < -0.3 is 34.9 Å². The van der Waals surface area contributed by atoms with Gasteiger partial charge in [-0.2, -0.15) is 9.97 Å². The number of nitrogen functional groups attached to an aromatic ring is 1. The van der Waals surface area contributed by atoms with Crippen LogP contribution in [0.15, 0.2) is 6.33 Å². The fraction of sp³-hybridized carbons (Fsp3) is 0.667. The molecule has 0 saturated carbocycles. The lowest BCUT2D eigenvalue weighted by molar-refractivity contribution is -0.198. The molecule has 1 aliphatic rings. The van der Waals surface area contributed by atoms with Gasteiger partial charge in [0.2, 0.25) is 5.28 Å². The van der Waals surface area contributed by atoms with Crippen molar-refractivity contribution >= 4 is 40.5 Å². The summed E-state index contributed by atoms with van der Waals surface area (Å²) in [5.41, 5.74) is 3.85. The molecule has 0 spiro atoms. The smallest absolute Gasteiger partial charge is 0.350 e. The number of aromatic nitrogens is 4. The van der Waals surface area contributed by atoms with Crippen LogP contribution in [0, 0.1) is 0 Å². The Hall–Kier alpha value is -2.65. The molecule has 15 heteroatoms. The van der Waals surface area contributed by atoms with E-state index in [9.17, 15) is 14.7 Å². The Morgan fingerprint density at radius 2 is 1.92 bits per heavy atom. The number of anilines is 1. The van der Waals surface area contributed by atoms with E-state index in [1.165, 1.54) is 10.9 Å². The van der Waals surface area contributed by atoms with E-state index >= 15 is 4.39 Å². The number of nitrogens with two attached hydrogens (primary N) is 1. The molecule has 0 aliphatic carbocycles. The van der Waals surface area contributed by atoms with Crippen molar-refractivity contribution in [2.24, 2.45) is 0 Å². The number of esters is 2. The van der Waals surface area contributed by atoms with Crippen LogP contribution in [0.2, 0.25) is 5.28 Å². The average Bonchev–Trinajstić information content (AvgIpc) is 3.37. The van der Waals surface area contributed by atoms with E-state index in [1.54, 1.807) is 13.8 Å². The Kier molecular flexibility index (Phi) is 9.35. The third-order valence-electron chi connectivity index (χ3n) is 5.63. The molecule has 1 fully saturated rings. The van der Waals surface area contributed by atoms with Gasteiger partial charge in [0, 0.05) is 6.61 Å². The van der Waals surface area contributed by atoms with Crippen LogP contribution in [-0.2, 0) is 28.5 Å². The van der Waals surface area contributed by atoms with Gasteiger partial charge in [-0.05, 0) is 44.7 Å². The number of hydrogen-bond acceptors (Lipinski definition) is 12. The zero-order valence-electron chi connectivity index (χ0n) is 19.8. The third-order valence-corrected chi connectivity index (χ3v) is 5.80. The Morgan fingerprint density at radius 3 is 2.53 bits per heavy atom. The summed E-state index contributed by atoms with van der Waals surface area (Å²) < 4.78 is 37.9. The van der Waals surface area contributed by atoms with Crippen LogP contribution in [0.5, 0.6) is 0 Å². The molecule has 0 radical (unpaired) electrons. The first-order valence-corrected chi connectivity index (χ1v) is 11.8. The number of hydrogen-bond donors (Lipinski definition) is 3. The molecule has 0 bridgehead atoms. The third kappa shape index (κ3) is 5.52. The fourth-order valence-corrected chi connectivity index (χ4v) is 4.02. The predicted octanol–water partition coefficient (Wildman–Crippen LogP) is 0.702. The molecule has 13 nitrogen and oxygen atoms in total. The van der Waals surface area contributed by atoms with Crippen molar-refractivity contribution in [1.29, 1.82) is 0 Å². The van der Waals surface area contributed by atoms with Crippen molar-refractivity contribution in [2.75, 3.05) is 32.2 Å². The molecule has 2 aromatic rings. The highest BCUT2D eigenvalue weighted by Gasteiger charge is 2.53. The largest absolute Gasteiger partial charge is 0.463 e. The zero-order valence-corrected chi connectivity index (χ0v) is 20.6. The van der Waals surface area contributed by atoms with Gasteiger partial charge in [-0.15, -0.1) is 0 Å². The molecular formula is C21H29ClFN5O8. The van der Waals surface area contributed by atoms with E-state index in [2.05, 4.69) is 15.0 Å². The number of halogens is 2. The molecular weight excluding hydrogens is 505 g/mol. The Labute approximate surface area is 210 Å². The average molecular weight is 534 g/mol. The van der Waals surface area contributed by atoms with Crippen molar-refractivity contribution < 1.29 is 43.1 Å². The number of carbonyl (C=O) groups excluding carboxylic acids is 2. The molecule has 4 N–H and O–H groups in total. The van der Waals surface area contributed by atoms with Crippen molar-refractivity contribution in [3.63, 3.8) is 0 Å². The fourth-order valence-electron chi connectivity index (χ4n) is 3.85.